The van der Waals surface area contributed by atoms with Crippen molar-refractivity contribution < 1.29 is 9.59 Å². The van der Waals surface area contributed by atoms with Crippen LogP contribution in [0.15, 0.2) is 30.3 Å². The topological polar surface area (TPSA) is 72.2 Å². The monoisotopic (exact) mass is 248 g/mol. The lowest BCUT2D eigenvalue weighted by atomic mass is 10.0. The van der Waals surface area contributed by atoms with Crippen LogP contribution in [-0.4, -0.2) is 23.8 Å². The molecule has 1 aromatic carbocycles. The van der Waals surface area contributed by atoms with Crippen LogP contribution in [0, 0.1) is 5.92 Å². The third-order valence-electron chi connectivity index (χ3n) is 2.83. The molecule has 0 aliphatic heterocycles. The highest BCUT2D eigenvalue weighted by molar-refractivity contribution is 6.02. The molecule has 1 amide bonds. The van der Waals surface area contributed by atoms with Gasteiger partial charge in [0.2, 0.25) is 5.91 Å². The number of carbonyl (C=O) groups is 2. The van der Waals surface area contributed by atoms with Crippen LogP contribution < -0.4 is 11.1 Å². The van der Waals surface area contributed by atoms with E-state index in [9.17, 15) is 9.59 Å². The molecule has 0 aliphatic carbocycles. The van der Waals surface area contributed by atoms with Crippen molar-refractivity contribution in [1.82, 2.24) is 5.32 Å². The van der Waals surface area contributed by atoms with E-state index in [1.807, 2.05) is 19.9 Å². The quantitative estimate of drug-likeness (QED) is 0.773. The smallest absolute Gasteiger partial charge is 0.237 e. The van der Waals surface area contributed by atoms with E-state index in [-0.39, 0.29) is 17.6 Å². The van der Waals surface area contributed by atoms with Gasteiger partial charge in [-0.2, -0.15) is 0 Å². The lowest BCUT2D eigenvalue weighted by Crippen LogP contribution is -2.49. The minimum atomic E-state index is -0.587. The summed E-state index contributed by atoms with van der Waals surface area (Å²) in [6.07, 6.45) is 0. The van der Waals surface area contributed by atoms with Gasteiger partial charge >= 0.3 is 0 Å². The molecule has 2 atom stereocenters. The predicted octanol–water partition coefficient (Wildman–Crippen LogP) is 1.36. The maximum absolute atomic E-state index is 12.0. The van der Waals surface area contributed by atoms with Crippen LogP contribution in [0.5, 0.6) is 0 Å². The fourth-order valence-corrected chi connectivity index (χ4v) is 1.53. The highest BCUT2D eigenvalue weighted by Gasteiger charge is 2.22. The Morgan fingerprint density at radius 2 is 1.67 bits per heavy atom. The first-order valence-corrected chi connectivity index (χ1v) is 6.08. The summed E-state index contributed by atoms with van der Waals surface area (Å²) < 4.78 is 0. The lowest BCUT2D eigenvalue weighted by Gasteiger charge is -2.19. The van der Waals surface area contributed by atoms with Crippen molar-refractivity contribution in [3.05, 3.63) is 35.9 Å². The van der Waals surface area contributed by atoms with Crippen LogP contribution in [0.25, 0.3) is 0 Å². The van der Waals surface area contributed by atoms with Crippen molar-refractivity contribution in [2.24, 2.45) is 11.7 Å². The van der Waals surface area contributed by atoms with E-state index in [2.05, 4.69) is 5.32 Å². The second-order valence-electron chi connectivity index (χ2n) is 4.73. The van der Waals surface area contributed by atoms with Gasteiger partial charge in [0, 0.05) is 5.56 Å². The van der Waals surface area contributed by atoms with E-state index >= 15 is 0 Å². The van der Waals surface area contributed by atoms with Gasteiger partial charge in [-0.05, 0) is 12.8 Å². The molecule has 0 bridgehead atoms. The second kappa shape index (κ2) is 6.31. The van der Waals surface area contributed by atoms with Gasteiger partial charge in [0.1, 0.15) is 0 Å². The predicted molar refractivity (Wildman–Crippen MR) is 71.2 cm³/mol. The summed E-state index contributed by atoms with van der Waals surface area (Å²) in [6.45, 7) is 5.40. The zero-order chi connectivity index (χ0) is 13.7. The molecule has 0 heterocycles. The summed E-state index contributed by atoms with van der Waals surface area (Å²) in [7, 11) is 0. The SMILES string of the molecule is CC(C)[C@H](N)C(=O)N[C@@H](C)C(=O)c1ccccc1. The number of carbonyl (C=O) groups excluding carboxylic acids is 2. The number of benzene rings is 1. The molecule has 4 nitrogen and oxygen atoms in total. The van der Waals surface area contributed by atoms with Gasteiger partial charge < -0.3 is 11.1 Å². The van der Waals surface area contributed by atoms with Gasteiger partial charge in [0.25, 0.3) is 0 Å². The fourth-order valence-electron chi connectivity index (χ4n) is 1.53. The van der Waals surface area contributed by atoms with Crippen molar-refractivity contribution in [3.8, 4) is 0 Å². The number of nitrogens with one attached hydrogen (secondary N) is 1. The maximum atomic E-state index is 12.0. The van der Waals surface area contributed by atoms with Crippen LogP contribution in [0.4, 0.5) is 0 Å². The molecule has 0 radical (unpaired) electrons. The van der Waals surface area contributed by atoms with Crippen LogP contribution in [0.2, 0.25) is 0 Å². The van der Waals surface area contributed by atoms with E-state index < -0.39 is 12.1 Å². The molecule has 3 N–H and O–H groups in total. The Balaban J connectivity index is 2.64. The van der Waals surface area contributed by atoms with Crippen LogP contribution >= 0.6 is 0 Å². The third-order valence-corrected chi connectivity index (χ3v) is 2.83. The Hall–Kier alpha value is -1.68. The number of amides is 1. The summed E-state index contributed by atoms with van der Waals surface area (Å²) in [5, 5.41) is 2.65. The van der Waals surface area contributed by atoms with Gasteiger partial charge in [-0.15, -0.1) is 0 Å². The van der Waals surface area contributed by atoms with E-state index in [1.54, 1.807) is 31.2 Å². The summed E-state index contributed by atoms with van der Waals surface area (Å²) in [6, 6.07) is 7.74. The van der Waals surface area contributed by atoms with Crippen molar-refractivity contribution in [3.63, 3.8) is 0 Å². The summed E-state index contributed by atoms with van der Waals surface area (Å²) >= 11 is 0. The Morgan fingerprint density at radius 3 is 2.17 bits per heavy atom. The van der Waals surface area contributed by atoms with Crippen molar-refractivity contribution in [2.45, 2.75) is 32.9 Å². The van der Waals surface area contributed by atoms with Crippen molar-refractivity contribution >= 4 is 11.7 Å². The lowest BCUT2D eigenvalue weighted by molar-refractivity contribution is -0.123. The van der Waals surface area contributed by atoms with E-state index in [4.69, 9.17) is 5.73 Å². The molecular weight excluding hydrogens is 228 g/mol. The summed E-state index contributed by atoms with van der Waals surface area (Å²) in [4.78, 5) is 23.8. The highest BCUT2D eigenvalue weighted by Crippen LogP contribution is 2.04. The molecule has 0 spiro atoms. The van der Waals surface area contributed by atoms with Gasteiger partial charge in [-0.3, -0.25) is 9.59 Å². The number of Topliss-reactive ketones (excluding diaryl/α,β-unsaturated/α-hetero) is 1. The first-order valence-electron chi connectivity index (χ1n) is 6.08. The fraction of sp³-hybridized carbons (Fsp3) is 0.429. The average Bonchev–Trinajstić information content (AvgIpc) is 2.37. The normalized spacial score (nSPS) is 14.1. The largest absolute Gasteiger partial charge is 0.345 e. The molecular formula is C14H20N2O2. The number of ketones is 1. The minimum Gasteiger partial charge on any atom is -0.345 e. The molecule has 18 heavy (non-hydrogen) atoms. The highest BCUT2D eigenvalue weighted by atomic mass is 16.2. The molecule has 0 fully saturated rings. The van der Waals surface area contributed by atoms with Crippen LogP contribution in [0.3, 0.4) is 0 Å². The molecule has 0 saturated carbocycles. The van der Waals surface area contributed by atoms with Gasteiger partial charge in [-0.1, -0.05) is 44.2 Å². The first-order chi connectivity index (χ1) is 8.43. The Kier molecular flexibility index (Phi) is 5.04. The van der Waals surface area contributed by atoms with Crippen molar-refractivity contribution in [2.75, 3.05) is 0 Å². The standard InChI is InChI=1S/C14H20N2O2/c1-9(2)12(15)14(18)16-10(3)13(17)11-7-5-4-6-8-11/h4-10,12H,15H2,1-3H3,(H,16,18)/t10-,12-/m0/s1. The Bertz CT molecular complexity index is 415. The van der Waals surface area contributed by atoms with Crippen LogP contribution in [0.1, 0.15) is 31.1 Å². The van der Waals surface area contributed by atoms with Crippen molar-refractivity contribution in [1.29, 1.82) is 0 Å². The zero-order valence-corrected chi connectivity index (χ0v) is 11.0. The number of hydrogen-bond acceptors (Lipinski definition) is 3. The Labute approximate surface area is 108 Å². The minimum absolute atomic E-state index is 0.0454. The second-order valence-corrected chi connectivity index (χ2v) is 4.73. The first kappa shape index (κ1) is 14.4. The molecule has 0 aliphatic rings. The van der Waals surface area contributed by atoms with Gasteiger partial charge in [0.05, 0.1) is 12.1 Å². The number of hydrogen-bond donors (Lipinski definition) is 2. The number of rotatable bonds is 5. The van der Waals surface area contributed by atoms with E-state index in [0.29, 0.717) is 5.56 Å². The summed E-state index contributed by atoms with van der Waals surface area (Å²) in [5.41, 5.74) is 6.31. The van der Waals surface area contributed by atoms with E-state index in [1.165, 1.54) is 0 Å². The molecule has 0 saturated heterocycles. The molecule has 1 aromatic rings. The molecule has 0 aromatic heterocycles. The molecule has 98 valence electrons. The maximum Gasteiger partial charge on any atom is 0.237 e. The third kappa shape index (κ3) is 3.67. The number of nitrogens with two attached hydrogens (primary N) is 1. The molecule has 0 unspecified atom stereocenters. The molecule has 4 heteroatoms. The van der Waals surface area contributed by atoms with E-state index in [0.717, 1.165) is 0 Å². The van der Waals surface area contributed by atoms with Gasteiger partial charge in [-0.25, -0.2) is 0 Å². The average molecular weight is 248 g/mol. The summed E-state index contributed by atoms with van der Waals surface area (Å²) in [5.74, 6) is -0.356. The Morgan fingerprint density at radius 1 is 1.11 bits per heavy atom. The molecule has 1 rings (SSSR count). The van der Waals surface area contributed by atoms with Gasteiger partial charge in [0.15, 0.2) is 5.78 Å². The van der Waals surface area contributed by atoms with Crippen LogP contribution in [-0.2, 0) is 4.79 Å². The zero-order valence-electron chi connectivity index (χ0n) is 11.0.